The molecule has 0 radical (unpaired) electrons. The molecular weight excluding hydrogens is 358 g/mol. The Morgan fingerprint density at radius 1 is 1.28 bits per heavy atom. The van der Waals surface area contributed by atoms with E-state index in [0.717, 1.165) is 5.56 Å². The quantitative estimate of drug-likeness (QED) is 0.454. The zero-order chi connectivity index (χ0) is 18.6. The molecule has 25 heavy (non-hydrogen) atoms. The number of benzene rings is 1. The molecule has 7 heteroatoms. The van der Waals surface area contributed by atoms with Crippen molar-refractivity contribution in [3.05, 3.63) is 52.3 Å². The molecule has 2 rings (SSSR count). The smallest absolute Gasteiger partial charge is 0.223 e. The molecular formula is C18H20ClN3O2S. The van der Waals surface area contributed by atoms with Crippen LogP contribution in [0, 0.1) is 5.41 Å². The summed E-state index contributed by atoms with van der Waals surface area (Å²) in [6.45, 7) is 3.51. The maximum atomic E-state index is 12.6. The van der Waals surface area contributed by atoms with E-state index in [9.17, 15) is 9.59 Å². The van der Waals surface area contributed by atoms with Gasteiger partial charge in [0.25, 0.3) is 0 Å². The average molecular weight is 378 g/mol. The third-order valence-electron chi connectivity index (χ3n) is 3.89. The van der Waals surface area contributed by atoms with Gasteiger partial charge in [-0.2, -0.15) is 0 Å². The molecule has 2 N–H and O–H groups in total. The molecule has 0 fully saturated rings. The van der Waals surface area contributed by atoms with Crippen molar-refractivity contribution in [2.75, 3.05) is 6.26 Å². The molecule has 0 bridgehead atoms. The van der Waals surface area contributed by atoms with Crippen LogP contribution >= 0.6 is 23.4 Å². The van der Waals surface area contributed by atoms with Gasteiger partial charge in [-0.1, -0.05) is 49.3 Å². The number of ketones is 1. The number of hydrogen-bond acceptors (Lipinski definition) is 5. The number of nitrogens with two attached hydrogens (primary N) is 1. The molecule has 132 valence electrons. The molecule has 1 aromatic heterocycles. The lowest BCUT2D eigenvalue weighted by molar-refractivity contribution is -0.125. The van der Waals surface area contributed by atoms with Crippen molar-refractivity contribution in [1.82, 2.24) is 9.97 Å². The highest BCUT2D eigenvalue weighted by molar-refractivity contribution is 7.98. The second-order valence-corrected chi connectivity index (χ2v) is 7.49. The van der Waals surface area contributed by atoms with Gasteiger partial charge in [-0.05, 0) is 30.4 Å². The highest BCUT2D eigenvalue weighted by atomic mass is 35.5. The van der Waals surface area contributed by atoms with Crippen LogP contribution in [0.5, 0.6) is 0 Å². The molecule has 2 aromatic rings. The minimum absolute atomic E-state index is 0.130. The lowest BCUT2D eigenvalue weighted by Gasteiger charge is -2.21. The van der Waals surface area contributed by atoms with E-state index in [0.29, 0.717) is 27.9 Å². The van der Waals surface area contributed by atoms with Crippen molar-refractivity contribution in [3.63, 3.8) is 0 Å². The first-order valence-electron chi connectivity index (χ1n) is 7.71. The predicted molar refractivity (Wildman–Crippen MR) is 100.0 cm³/mol. The molecule has 1 aromatic carbocycles. The predicted octanol–water partition coefficient (Wildman–Crippen LogP) is 3.33. The van der Waals surface area contributed by atoms with Crippen molar-refractivity contribution in [1.29, 1.82) is 0 Å². The molecule has 0 aliphatic rings. The molecule has 0 unspecified atom stereocenters. The summed E-state index contributed by atoms with van der Waals surface area (Å²) < 4.78 is 0. The van der Waals surface area contributed by atoms with Crippen LogP contribution in [0.25, 0.3) is 0 Å². The first-order valence-corrected chi connectivity index (χ1v) is 9.31. The van der Waals surface area contributed by atoms with Gasteiger partial charge in [0.05, 0.1) is 17.1 Å². The Hall–Kier alpha value is -1.92. The zero-order valence-corrected chi connectivity index (χ0v) is 15.9. The van der Waals surface area contributed by atoms with Gasteiger partial charge in [0.15, 0.2) is 10.9 Å². The van der Waals surface area contributed by atoms with Crippen molar-refractivity contribution >= 4 is 35.1 Å². The van der Waals surface area contributed by atoms with Crippen LogP contribution in [0.1, 0.15) is 35.5 Å². The van der Waals surface area contributed by atoms with Gasteiger partial charge in [-0.3, -0.25) is 9.59 Å². The largest absolute Gasteiger partial charge is 0.369 e. The Kier molecular flexibility index (Phi) is 6.19. The number of halogens is 1. The van der Waals surface area contributed by atoms with E-state index in [2.05, 4.69) is 9.97 Å². The summed E-state index contributed by atoms with van der Waals surface area (Å²) in [6, 6.07) is 6.97. The van der Waals surface area contributed by atoms with E-state index in [-0.39, 0.29) is 12.2 Å². The number of carbonyl (C=O) groups is 2. The summed E-state index contributed by atoms with van der Waals surface area (Å²) in [5.74, 6) is -0.541. The highest BCUT2D eigenvalue weighted by Crippen LogP contribution is 2.29. The molecule has 0 atom stereocenters. The number of nitrogens with zero attached hydrogens (tertiary/aromatic N) is 2. The number of aromatic nitrogens is 2. The Balaban J connectivity index is 2.25. The number of hydrogen-bond donors (Lipinski definition) is 1. The van der Waals surface area contributed by atoms with Crippen molar-refractivity contribution < 1.29 is 9.59 Å². The average Bonchev–Trinajstić information content (AvgIpc) is 2.56. The van der Waals surface area contributed by atoms with Crippen LogP contribution in [-0.2, 0) is 17.6 Å². The van der Waals surface area contributed by atoms with Gasteiger partial charge in [0.2, 0.25) is 5.91 Å². The molecule has 0 aliphatic heterocycles. The van der Waals surface area contributed by atoms with E-state index in [1.165, 1.54) is 11.8 Å². The fourth-order valence-corrected chi connectivity index (χ4v) is 3.00. The Labute approximate surface area is 156 Å². The summed E-state index contributed by atoms with van der Waals surface area (Å²) in [5, 5.41) is 0.981. The fraction of sp³-hybridized carbons (Fsp3) is 0.333. The highest BCUT2D eigenvalue weighted by Gasteiger charge is 2.27. The lowest BCUT2D eigenvalue weighted by Crippen LogP contribution is -2.33. The van der Waals surface area contributed by atoms with Crippen LogP contribution < -0.4 is 5.73 Å². The number of thioether (sulfide) groups is 1. The van der Waals surface area contributed by atoms with Crippen molar-refractivity contribution in [3.8, 4) is 0 Å². The third kappa shape index (κ3) is 4.80. The number of Topliss-reactive ketones (excluding diaryl/α,β-unsaturated/α-hetero) is 1. The number of carbonyl (C=O) groups excluding carboxylic acids is 2. The van der Waals surface area contributed by atoms with Crippen LogP contribution in [0.4, 0.5) is 0 Å². The first-order chi connectivity index (χ1) is 11.7. The van der Waals surface area contributed by atoms with Crippen molar-refractivity contribution in [2.24, 2.45) is 11.1 Å². The normalized spacial score (nSPS) is 11.4. The van der Waals surface area contributed by atoms with Gasteiger partial charge in [-0.15, -0.1) is 0 Å². The van der Waals surface area contributed by atoms with Crippen LogP contribution in [0.2, 0.25) is 5.02 Å². The minimum Gasteiger partial charge on any atom is -0.369 e. The first kappa shape index (κ1) is 19.4. The van der Waals surface area contributed by atoms with Gasteiger partial charge in [0.1, 0.15) is 0 Å². The van der Waals surface area contributed by atoms with E-state index in [1.807, 2.05) is 6.26 Å². The SMILES string of the molecule is CSc1nccc(CC(=O)c2cccc(CC(C)(C)C(N)=O)c2Cl)n1. The summed E-state index contributed by atoms with van der Waals surface area (Å²) >= 11 is 7.85. The molecule has 1 heterocycles. The Morgan fingerprint density at radius 2 is 2.00 bits per heavy atom. The minimum atomic E-state index is -0.745. The molecule has 1 amide bonds. The summed E-state index contributed by atoms with van der Waals surface area (Å²) in [4.78, 5) is 32.6. The zero-order valence-electron chi connectivity index (χ0n) is 14.4. The monoisotopic (exact) mass is 377 g/mol. The van der Waals surface area contributed by atoms with Gasteiger partial charge < -0.3 is 5.73 Å². The van der Waals surface area contributed by atoms with Gasteiger partial charge >= 0.3 is 0 Å². The third-order valence-corrected chi connectivity index (χ3v) is 4.90. The second kappa shape index (κ2) is 7.97. The lowest BCUT2D eigenvalue weighted by atomic mass is 9.84. The fourth-order valence-electron chi connectivity index (χ4n) is 2.33. The van der Waals surface area contributed by atoms with Crippen LogP contribution in [0.3, 0.4) is 0 Å². The summed E-state index contributed by atoms with van der Waals surface area (Å²) in [7, 11) is 0. The molecule has 0 saturated carbocycles. The maximum absolute atomic E-state index is 12.6. The van der Waals surface area contributed by atoms with Crippen LogP contribution in [0.15, 0.2) is 35.6 Å². The second-order valence-electron chi connectivity index (χ2n) is 6.34. The maximum Gasteiger partial charge on any atom is 0.223 e. The standard InChI is InChI=1S/C18H20ClN3O2S/c1-18(2,16(20)24)10-11-5-4-6-13(15(11)19)14(23)9-12-7-8-21-17(22-12)25-3/h4-8H,9-10H2,1-3H3,(H2,20,24). The van der Waals surface area contributed by atoms with E-state index >= 15 is 0 Å². The van der Waals surface area contributed by atoms with E-state index in [4.69, 9.17) is 17.3 Å². The topological polar surface area (TPSA) is 85.9 Å². The van der Waals surface area contributed by atoms with E-state index in [1.54, 1.807) is 44.3 Å². The molecule has 0 saturated heterocycles. The number of rotatable bonds is 7. The van der Waals surface area contributed by atoms with Gasteiger partial charge in [-0.25, -0.2) is 9.97 Å². The summed E-state index contributed by atoms with van der Waals surface area (Å²) in [6.07, 6.45) is 4.02. The van der Waals surface area contributed by atoms with Crippen LogP contribution in [-0.4, -0.2) is 27.9 Å². The van der Waals surface area contributed by atoms with Crippen molar-refractivity contribution in [2.45, 2.75) is 31.8 Å². The Morgan fingerprint density at radius 3 is 2.64 bits per heavy atom. The molecule has 0 aliphatic carbocycles. The number of primary amides is 1. The Bertz CT molecular complexity index is 809. The van der Waals surface area contributed by atoms with E-state index < -0.39 is 11.3 Å². The molecule has 0 spiro atoms. The van der Waals surface area contributed by atoms with Gasteiger partial charge in [0, 0.05) is 17.2 Å². The summed E-state index contributed by atoms with van der Waals surface area (Å²) in [5.41, 5.74) is 6.47. The molecule has 5 nitrogen and oxygen atoms in total. The number of amides is 1.